The van der Waals surface area contributed by atoms with Crippen molar-refractivity contribution in [3.63, 3.8) is 0 Å². The molecule has 0 unspecified atom stereocenters. The van der Waals surface area contributed by atoms with Crippen LogP contribution in [0.4, 0.5) is 24.5 Å². The fourth-order valence-electron chi connectivity index (χ4n) is 4.05. The lowest BCUT2D eigenvalue weighted by atomic mass is 9.94. The van der Waals surface area contributed by atoms with Gasteiger partial charge in [0.25, 0.3) is 0 Å². The molecule has 4 rings (SSSR count). The van der Waals surface area contributed by atoms with Gasteiger partial charge in [-0.3, -0.25) is 4.90 Å². The first-order valence-electron chi connectivity index (χ1n) is 9.77. The number of likely N-dealkylation sites (tertiary alicyclic amines) is 1. The van der Waals surface area contributed by atoms with Gasteiger partial charge in [0.15, 0.2) is 0 Å². The van der Waals surface area contributed by atoms with Crippen molar-refractivity contribution in [3.05, 3.63) is 54.1 Å². The summed E-state index contributed by atoms with van der Waals surface area (Å²) < 4.78 is 43.9. The Morgan fingerprint density at radius 1 is 1.17 bits per heavy atom. The first-order valence-corrected chi connectivity index (χ1v) is 9.77. The summed E-state index contributed by atoms with van der Waals surface area (Å²) >= 11 is 0. The van der Waals surface area contributed by atoms with Gasteiger partial charge in [-0.05, 0) is 24.6 Å². The molecule has 8 heteroatoms. The first kappa shape index (κ1) is 20.2. The summed E-state index contributed by atoms with van der Waals surface area (Å²) in [5.41, 5.74) is 1.67. The van der Waals surface area contributed by atoms with Crippen LogP contribution in [0, 0.1) is 17.2 Å². The van der Waals surface area contributed by atoms with Crippen molar-refractivity contribution in [2.75, 3.05) is 25.0 Å². The van der Waals surface area contributed by atoms with Crippen LogP contribution in [0.25, 0.3) is 0 Å². The molecule has 2 aliphatic heterocycles. The predicted molar refractivity (Wildman–Crippen MR) is 108 cm³/mol. The highest BCUT2D eigenvalue weighted by Gasteiger charge is 2.38. The number of alkyl halides is 3. The number of para-hydroxylation sites is 3. The van der Waals surface area contributed by atoms with E-state index in [2.05, 4.69) is 21.3 Å². The van der Waals surface area contributed by atoms with E-state index in [9.17, 15) is 18.4 Å². The van der Waals surface area contributed by atoms with Crippen molar-refractivity contribution < 1.29 is 17.9 Å². The average Bonchev–Trinajstić information content (AvgIpc) is 3.22. The van der Waals surface area contributed by atoms with E-state index in [1.54, 1.807) is 24.3 Å². The molecule has 0 radical (unpaired) electrons. The normalized spacial score (nSPS) is 24.3. The van der Waals surface area contributed by atoms with Crippen LogP contribution in [0.2, 0.25) is 0 Å². The molecule has 3 atom stereocenters. The molecule has 5 nitrogen and oxygen atoms in total. The van der Waals surface area contributed by atoms with Crippen LogP contribution in [-0.2, 0) is 0 Å². The number of anilines is 1. The lowest BCUT2D eigenvalue weighted by molar-refractivity contribution is -0.0535. The van der Waals surface area contributed by atoms with Gasteiger partial charge in [0.1, 0.15) is 18.6 Å². The van der Waals surface area contributed by atoms with Crippen molar-refractivity contribution >= 4 is 17.6 Å². The van der Waals surface area contributed by atoms with Gasteiger partial charge in [-0.1, -0.05) is 30.3 Å². The van der Waals surface area contributed by atoms with Crippen molar-refractivity contribution in [1.29, 1.82) is 5.26 Å². The molecule has 0 aliphatic carbocycles. The molecule has 2 aliphatic rings. The number of halogens is 3. The highest BCUT2D eigenvalue weighted by molar-refractivity contribution is 5.75. The lowest BCUT2D eigenvalue weighted by Crippen LogP contribution is -2.47. The first-order chi connectivity index (χ1) is 14.4. The number of hydrogen-bond donors (Lipinski definition) is 1. The molecule has 30 heavy (non-hydrogen) atoms. The summed E-state index contributed by atoms with van der Waals surface area (Å²) in [6.45, 7) is 1.86. The van der Waals surface area contributed by atoms with Crippen LogP contribution in [0.3, 0.4) is 0 Å². The average molecular weight is 414 g/mol. The van der Waals surface area contributed by atoms with Gasteiger partial charge in [0.05, 0.1) is 35.4 Å². The highest BCUT2D eigenvalue weighted by Crippen LogP contribution is 2.39. The quantitative estimate of drug-likeness (QED) is 0.736. The maximum Gasteiger partial charge on any atom is 0.426 e. The molecule has 0 aromatic heterocycles. The van der Waals surface area contributed by atoms with Gasteiger partial charge >= 0.3 is 6.18 Å². The summed E-state index contributed by atoms with van der Waals surface area (Å²) in [6, 6.07) is 16.4. The zero-order chi connectivity index (χ0) is 21.1. The van der Waals surface area contributed by atoms with E-state index in [4.69, 9.17) is 4.74 Å². The van der Waals surface area contributed by atoms with E-state index in [1.165, 1.54) is 0 Å². The van der Waals surface area contributed by atoms with Crippen molar-refractivity contribution in [1.82, 2.24) is 4.90 Å². The number of benzene rings is 2. The van der Waals surface area contributed by atoms with E-state index in [1.807, 2.05) is 24.3 Å². The van der Waals surface area contributed by atoms with Gasteiger partial charge in [-0.2, -0.15) is 18.4 Å². The number of ether oxygens (including phenoxy) is 1. The second-order valence-corrected chi connectivity index (χ2v) is 7.46. The van der Waals surface area contributed by atoms with Gasteiger partial charge < -0.3 is 10.1 Å². The number of rotatable bonds is 4. The Kier molecular flexibility index (Phi) is 5.64. The Morgan fingerprint density at radius 3 is 2.70 bits per heavy atom. The molecule has 2 aromatic carbocycles. The third-order valence-corrected chi connectivity index (χ3v) is 5.48. The minimum Gasteiger partial charge on any atom is -0.491 e. The summed E-state index contributed by atoms with van der Waals surface area (Å²) in [6.07, 6.45) is -3.68. The second kappa shape index (κ2) is 8.36. The van der Waals surface area contributed by atoms with Crippen LogP contribution >= 0.6 is 0 Å². The third-order valence-electron chi connectivity index (χ3n) is 5.48. The lowest BCUT2D eigenvalue weighted by Gasteiger charge is -2.39. The molecule has 0 amide bonds. The highest BCUT2D eigenvalue weighted by atomic mass is 19.4. The molecule has 2 heterocycles. The van der Waals surface area contributed by atoms with Gasteiger partial charge in [-0.25, -0.2) is 4.99 Å². The molecule has 156 valence electrons. The van der Waals surface area contributed by atoms with Crippen molar-refractivity contribution in [2.45, 2.75) is 24.7 Å². The van der Waals surface area contributed by atoms with Gasteiger partial charge in [-0.15, -0.1) is 0 Å². The number of fused-ring (bicyclic) bond motifs is 1. The van der Waals surface area contributed by atoms with Crippen LogP contribution in [0.15, 0.2) is 53.5 Å². The molecular formula is C22H21F3N4O. The molecular weight excluding hydrogens is 393 g/mol. The monoisotopic (exact) mass is 414 g/mol. The largest absolute Gasteiger partial charge is 0.491 e. The smallest absolute Gasteiger partial charge is 0.426 e. The fourth-order valence-corrected chi connectivity index (χ4v) is 4.05. The Balaban J connectivity index is 1.66. The fraction of sp³-hybridized carbons (Fsp3) is 0.364. The van der Waals surface area contributed by atoms with Crippen molar-refractivity contribution in [3.8, 4) is 11.8 Å². The second-order valence-electron chi connectivity index (χ2n) is 7.46. The number of aliphatic imine (C=N–C) groups is 1. The van der Waals surface area contributed by atoms with E-state index < -0.39 is 6.18 Å². The molecule has 1 N–H and O–H groups in total. The van der Waals surface area contributed by atoms with Gasteiger partial charge in [0, 0.05) is 18.7 Å². The zero-order valence-electron chi connectivity index (χ0n) is 16.1. The van der Waals surface area contributed by atoms with E-state index >= 15 is 0 Å². The summed E-state index contributed by atoms with van der Waals surface area (Å²) in [5.74, 6) is 0.727. The molecule has 1 saturated heterocycles. The van der Waals surface area contributed by atoms with Crippen LogP contribution < -0.4 is 10.1 Å². The SMILES string of the molecule is N#C[C@H]1CCN([C@H]2COc3ccccc3[C@@H]2Nc2ccccc2N=CC(F)(F)F)C1. The van der Waals surface area contributed by atoms with E-state index in [-0.39, 0.29) is 29.9 Å². The number of hydrogen-bond acceptors (Lipinski definition) is 5. The summed E-state index contributed by atoms with van der Waals surface area (Å²) in [7, 11) is 0. The number of nitrogens with zero attached hydrogens (tertiary/aromatic N) is 3. The van der Waals surface area contributed by atoms with Gasteiger partial charge in [0.2, 0.25) is 0 Å². The molecule has 0 saturated carbocycles. The van der Waals surface area contributed by atoms with Crippen LogP contribution in [0.1, 0.15) is 18.0 Å². The van der Waals surface area contributed by atoms with E-state index in [0.29, 0.717) is 18.8 Å². The maximum absolute atomic E-state index is 12.6. The maximum atomic E-state index is 12.6. The Hall–Kier alpha value is -3.05. The topological polar surface area (TPSA) is 60.7 Å². The third kappa shape index (κ3) is 4.41. The van der Waals surface area contributed by atoms with Crippen molar-refractivity contribution in [2.24, 2.45) is 10.9 Å². The summed E-state index contributed by atoms with van der Waals surface area (Å²) in [5, 5.41) is 12.7. The molecule has 0 bridgehead atoms. The number of nitrogens with one attached hydrogen (secondary N) is 1. The predicted octanol–water partition coefficient (Wildman–Crippen LogP) is 4.71. The molecule has 2 aromatic rings. The zero-order valence-corrected chi connectivity index (χ0v) is 16.1. The minimum atomic E-state index is -4.48. The molecule has 1 fully saturated rings. The van der Waals surface area contributed by atoms with Crippen LogP contribution in [-0.4, -0.2) is 43.0 Å². The Morgan fingerprint density at radius 2 is 1.93 bits per heavy atom. The summed E-state index contributed by atoms with van der Waals surface area (Å²) in [4.78, 5) is 5.87. The minimum absolute atomic E-state index is 0.000902. The van der Waals surface area contributed by atoms with E-state index in [0.717, 1.165) is 24.3 Å². The molecule has 0 spiro atoms. The standard InChI is InChI=1S/C22H21F3N4O/c23-22(24,25)14-27-17-6-2-3-7-18(17)28-21-16-5-1-4-8-20(16)30-13-19(21)29-10-9-15(11-26)12-29/h1-8,14-15,19,21,28H,9-10,12-13H2/t15-,19+,21+/m1/s1. The Labute approximate surface area is 172 Å². The van der Waals surface area contributed by atoms with Crippen LogP contribution in [0.5, 0.6) is 5.75 Å². The number of nitriles is 1. The Bertz CT molecular complexity index is 969.